The molecule has 0 aliphatic rings. The Morgan fingerprint density at radius 2 is 2.00 bits per heavy atom. The fourth-order valence-corrected chi connectivity index (χ4v) is 4.65. The SMILES string of the molecule is Cc1nc2cc(CNS(=O)(=O)c3cccc(Cl)c3C)ccc2s1. The van der Waals surface area contributed by atoms with Gasteiger partial charge >= 0.3 is 0 Å². The molecule has 120 valence electrons. The molecule has 1 heterocycles. The number of halogens is 1. The highest BCUT2D eigenvalue weighted by atomic mass is 35.5. The van der Waals surface area contributed by atoms with Crippen molar-refractivity contribution < 1.29 is 8.42 Å². The minimum Gasteiger partial charge on any atom is -0.242 e. The van der Waals surface area contributed by atoms with E-state index in [-0.39, 0.29) is 11.4 Å². The molecule has 0 aliphatic heterocycles. The van der Waals surface area contributed by atoms with E-state index in [1.54, 1.807) is 36.5 Å². The number of fused-ring (bicyclic) bond motifs is 1. The Balaban J connectivity index is 1.84. The van der Waals surface area contributed by atoms with E-state index < -0.39 is 10.0 Å². The molecular formula is C16H15ClN2O2S2. The fourth-order valence-electron chi connectivity index (χ4n) is 2.33. The lowest BCUT2D eigenvalue weighted by Crippen LogP contribution is -2.24. The number of rotatable bonds is 4. The molecule has 2 aromatic carbocycles. The van der Waals surface area contributed by atoms with Crippen molar-refractivity contribution in [2.45, 2.75) is 25.3 Å². The Labute approximate surface area is 144 Å². The van der Waals surface area contributed by atoms with Gasteiger partial charge in [-0.2, -0.15) is 0 Å². The molecule has 3 rings (SSSR count). The molecule has 0 bridgehead atoms. The van der Waals surface area contributed by atoms with Crippen molar-refractivity contribution in [3.05, 3.63) is 57.6 Å². The summed E-state index contributed by atoms with van der Waals surface area (Å²) in [6.45, 7) is 3.86. The fraction of sp³-hybridized carbons (Fsp3) is 0.188. The van der Waals surface area contributed by atoms with Crippen LogP contribution < -0.4 is 4.72 Å². The van der Waals surface area contributed by atoms with E-state index in [1.165, 1.54) is 0 Å². The summed E-state index contributed by atoms with van der Waals surface area (Å²) >= 11 is 7.63. The van der Waals surface area contributed by atoms with E-state index in [4.69, 9.17) is 11.6 Å². The molecule has 1 aromatic heterocycles. The third kappa shape index (κ3) is 3.40. The third-order valence-electron chi connectivity index (χ3n) is 3.53. The summed E-state index contributed by atoms with van der Waals surface area (Å²) in [7, 11) is -3.61. The summed E-state index contributed by atoms with van der Waals surface area (Å²) < 4.78 is 28.6. The predicted molar refractivity (Wildman–Crippen MR) is 94.6 cm³/mol. The van der Waals surface area contributed by atoms with Gasteiger partial charge in [0, 0.05) is 11.6 Å². The number of benzene rings is 2. The molecule has 0 saturated heterocycles. The second-order valence-electron chi connectivity index (χ2n) is 5.22. The van der Waals surface area contributed by atoms with E-state index in [0.29, 0.717) is 10.6 Å². The first-order chi connectivity index (χ1) is 10.9. The highest BCUT2D eigenvalue weighted by molar-refractivity contribution is 7.89. The topological polar surface area (TPSA) is 59.1 Å². The first kappa shape index (κ1) is 16.4. The lowest BCUT2D eigenvalue weighted by Gasteiger charge is -2.10. The number of nitrogens with one attached hydrogen (secondary N) is 1. The van der Waals surface area contributed by atoms with Crippen molar-refractivity contribution in [2.75, 3.05) is 0 Å². The van der Waals surface area contributed by atoms with E-state index in [9.17, 15) is 8.42 Å². The van der Waals surface area contributed by atoms with Crippen LogP contribution in [0.1, 0.15) is 16.1 Å². The van der Waals surface area contributed by atoms with Crippen LogP contribution in [0.5, 0.6) is 0 Å². The molecule has 0 radical (unpaired) electrons. The summed E-state index contributed by atoms with van der Waals surface area (Å²) in [5.74, 6) is 0. The van der Waals surface area contributed by atoms with Gasteiger partial charge in [0.2, 0.25) is 10.0 Å². The van der Waals surface area contributed by atoms with Gasteiger partial charge in [-0.15, -0.1) is 11.3 Å². The van der Waals surface area contributed by atoms with Crippen molar-refractivity contribution in [3.8, 4) is 0 Å². The normalized spacial score (nSPS) is 12.0. The molecule has 1 N–H and O–H groups in total. The maximum absolute atomic E-state index is 12.5. The summed E-state index contributed by atoms with van der Waals surface area (Å²) in [5.41, 5.74) is 2.31. The lowest BCUT2D eigenvalue weighted by atomic mass is 10.2. The van der Waals surface area contributed by atoms with Gasteiger partial charge in [0.05, 0.1) is 20.1 Å². The first-order valence-electron chi connectivity index (χ1n) is 6.98. The quantitative estimate of drug-likeness (QED) is 0.757. The van der Waals surface area contributed by atoms with Gasteiger partial charge < -0.3 is 0 Å². The number of sulfonamides is 1. The molecule has 0 amide bonds. The number of hydrogen-bond acceptors (Lipinski definition) is 4. The number of aryl methyl sites for hydroxylation is 1. The molecule has 0 saturated carbocycles. The maximum atomic E-state index is 12.5. The van der Waals surface area contributed by atoms with Gasteiger partial charge in [0.1, 0.15) is 0 Å². The minimum atomic E-state index is -3.61. The van der Waals surface area contributed by atoms with E-state index in [0.717, 1.165) is 20.8 Å². The smallest absolute Gasteiger partial charge is 0.241 e. The molecule has 0 aliphatic carbocycles. The largest absolute Gasteiger partial charge is 0.242 e. The minimum absolute atomic E-state index is 0.204. The van der Waals surface area contributed by atoms with Crippen molar-refractivity contribution in [1.82, 2.24) is 9.71 Å². The van der Waals surface area contributed by atoms with Gasteiger partial charge in [-0.1, -0.05) is 23.7 Å². The third-order valence-corrected chi connectivity index (χ3v) is 6.44. The van der Waals surface area contributed by atoms with E-state index in [1.807, 2.05) is 25.1 Å². The van der Waals surface area contributed by atoms with E-state index >= 15 is 0 Å². The van der Waals surface area contributed by atoms with Crippen LogP contribution in [0.15, 0.2) is 41.3 Å². The summed E-state index contributed by atoms with van der Waals surface area (Å²) in [4.78, 5) is 4.63. The van der Waals surface area contributed by atoms with Gasteiger partial charge in [0.25, 0.3) is 0 Å². The average Bonchev–Trinajstić information content (AvgIpc) is 2.87. The van der Waals surface area contributed by atoms with Crippen molar-refractivity contribution in [1.29, 1.82) is 0 Å². The summed E-state index contributed by atoms with van der Waals surface area (Å²) in [6.07, 6.45) is 0. The molecule has 3 aromatic rings. The van der Waals surface area contributed by atoms with Gasteiger partial charge in [-0.05, 0) is 49.2 Å². The predicted octanol–water partition coefficient (Wildman–Crippen LogP) is 4.05. The Morgan fingerprint density at radius 3 is 2.78 bits per heavy atom. The van der Waals surface area contributed by atoms with Crippen LogP contribution in [0.25, 0.3) is 10.2 Å². The molecule has 0 unspecified atom stereocenters. The Kier molecular flexibility index (Phi) is 4.42. The number of nitrogens with zero attached hydrogens (tertiary/aromatic N) is 1. The monoisotopic (exact) mass is 366 g/mol. The first-order valence-corrected chi connectivity index (χ1v) is 9.65. The molecule has 23 heavy (non-hydrogen) atoms. The zero-order valence-electron chi connectivity index (χ0n) is 12.6. The van der Waals surface area contributed by atoms with Crippen LogP contribution in [-0.2, 0) is 16.6 Å². The van der Waals surface area contributed by atoms with Crippen LogP contribution in [0.2, 0.25) is 5.02 Å². The van der Waals surface area contributed by atoms with Gasteiger partial charge in [-0.25, -0.2) is 18.1 Å². The maximum Gasteiger partial charge on any atom is 0.241 e. The molecular weight excluding hydrogens is 352 g/mol. The zero-order chi connectivity index (χ0) is 16.6. The second kappa shape index (κ2) is 6.20. The highest BCUT2D eigenvalue weighted by Gasteiger charge is 2.17. The molecule has 7 heteroatoms. The second-order valence-corrected chi connectivity index (χ2v) is 8.60. The highest BCUT2D eigenvalue weighted by Crippen LogP contribution is 2.24. The lowest BCUT2D eigenvalue weighted by molar-refractivity contribution is 0.580. The Bertz CT molecular complexity index is 981. The van der Waals surface area contributed by atoms with Crippen LogP contribution in [-0.4, -0.2) is 13.4 Å². The molecule has 0 fully saturated rings. The van der Waals surface area contributed by atoms with E-state index in [2.05, 4.69) is 9.71 Å². The van der Waals surface area contributed by atoms with Gasteiger partial charge in [-0.3, -0.25) is 0 Å². The zero-order valence-corrected chi connectivity index (χ0v) is 15.0. The molecule has 4 nitrogen and oxygen atoms in total. The van der Waals surface area contributed by atoms with Crippen LogP contribution in [0.3, 0.4) is 0 Å². The Morgan fingerprint density at radius 1 is 1.22 bits per heavy atom. The van der Waals surface area contributed by atoms with Gasteiger partial charge in [0.15, 0.2) is 0 Å². The van der Waals surface area contributed by atoms with Crippen molar-refractivity contribution in [3.63, 3.8) is 0 Å². The Hall–Kier alpha value is -1.47. The van der Waals surface area contributed by atoms with Crippen LogP contribution in [0.4, 0.5) is 0 Å². The standard InChI is InChI=1S/C16H15ClN2O2S2/c1-10-13(17)4-3-5-16(10)23(20,21)18-9-12-6-7-15-14(8-12)19-11(2)22-15/h3-8,18H,9H2,1-2H3. The number of thiazole rings is 1. The summed E-state index contributed by atoms with van der Waals surface area (Å²) in [5, 5.41) is 1.43. The van der Waals surface area contributed by atoms with Crippen molar-refractivity contribution >= 4 is 43.2 Å². The van der Waals surface area contributed by atoms with Crippen LogP contribution in [0, 0.1) is 13.8 Å². The number of aromatic nitrogens is 1. The van der Waals surface area contributed by atoms with Crippen LogP contribution >= 0.6 is 22.9 Å². The molecule has 0 atom stereocenters. The number of hydrogen-bond donors (Lipinski definition) is 1. The average molecular weight is 367 g/mol. The summed E-state index contributed by atoms with van der Waals surface area (Å²) in [6, 6.07) is 10.6. The van der Waals surface area contributed by atoms with Crippen molar-refractivity contribution in [2.24, 2.45) is 0 Å². The molecule has 0 spiro atoms.